The van der Waals surface area contributed by atoms with Crippen LogP contribution in [-0.4, -0.2) is 17.0 Å². The molecule has 1 N–H and O–H groups in total. The van der Waals surface area contributed by atoms with Crippen molar-refractivity contribution in [1.29, 1.82) is 0 Å². The molecule has 1 fully saturated rings. The number of para-hydroxylation sites is 1. The van der Waals surface area contributed by atoms with Gasteiger partial charge in [-0.25, -0.2) is 4.99 Å². The van der Waals surface area contributed by atoms with Crippen molar-refractivity contribution < 1.29 is 14.7 Å². The van der Waals surface area contributed by atoms with Crippen molar-refractivity contribution in [3.63, 3.8) is 0 Å². The summed E-state index contributed by atoms with van der Waals surface area (Å²) < 4.78 is 0. The van der Waals surface area contributed by atoms with Crippen LogP contribution in [0.1, 0.15) is 15.2 Å². The third kappa shape index (κ3) is 3.10. The summed E-state index contributed by atoms with van der Waals surface area (Å²) >= 11 is 2.70. The lowest BCUT2D eigenvalue weighted by Crippen LogP contribution is -2.23. The Morgan fingerprint density at radius 3 is 2.77 bits per heavy atom. The Bertz CT molecular complexity index is 795. The predicted molar refractivity (Wildman–Crippen MR) is 85.9 cm³/mol. The predicted octanol–water partition coefficient (Wildman–Crippen LogP) is 2.00. The molecule has 7 heteroatoms. The Morgan fingerprint density at radius 1 is 1.23 bits per heavy atom. The first-order chi connectivity index (χ1) is 10.6. The molecule has 5 nitrogen and oxygen atoms in total. The van der Waals surface area contributed by atoms with Crippen molar-refractivity contribution in [2.24, 2.45) is 4.99 Å². The summed E-state index contributed by atoms with van der Waals surface area (Å²) in [6, 6.07) is 10.1. The van der Waals surface area contributed by atoms with E-state index in [1.165, 1.54) is 29.2 Å². The molecule has 1 aromatic heterocycles. The third-order valence-corrected chi connectivity index (χ3v) is 4.54. The fraction of sp³-hybridized carbons (Fsp3) is 0. The van der Waals surface area contributed by atoms with Crippen molar-refractivity contribution in [1.82, 2.24) is 5.32 Å². The molecule has 0 aliphatic carbocycles. The van der Waals surface area contributed by atoms with Crippen LogP contribution < -0.4 is 10.4 Å². The number of aromatic carboxylic acids is 1. The summed E-state index contributed by atoms with van der Waals surface area (Å²) in [4.78, 5) is 28.7. The number of carbonyl (C=O) groups excluding carboxylic acids is 2. The van der Waals surface area contributed by atoms with E-state index < -0.39 is 5.97 Å². The molecular weight excluding hydrogens is 320 g/mol. The number of benzene rings is 1. The van der Waals surface area contributed by atoms with Gasteiger partial charge in [-0.05, 0) is 35.4 Å². The van der Waals surface area contributed by atoms with Crippen molar-refractivity contribution in [3.05, 3.63) is 57.1 Å². The second kappa shape index (κ2) is 6.17. The number of amides is 1. The molecule has 1 aliphatic heterocycles. The van der Waals surface area contributed by atoms with E-state index in [-0.39, 0.29) is 17.2 Å². The molecule has 1 aromatic carbocycles. The topological polar surface area (TPSA) is 81.6 Å². The highest BCUT2D eigenvalue weighted by Gasteiger charge is 2.24. The number of hydrogen-bond donors (Lipinski definition) is 1. The smallest absolute Gasteiger partial charge is 0.264 e. The van der Waals surface area contributed by atoms with Gasteiger partial charge in [0, 0.05) is 10.4 Å². The maximum Gasteiger partial charge on any atom is 0.264 e. The van der Waals surface area contributed by atoms with Crippen LogP contribution in [0.25, 0.3) is 6.08 Å². The molecule has 0 radical (unpaired) electrons. The minimum atomic E-state index is -1.30. The number of carboxylic acid groups (broad SMARTS) is 1. The molecule has 110 valence electrons. The molecule has 1 amide bonds. The second-order valence-electron chi connectivity index (χ2n) is 4.30. The Hall–Kier alpha value is -2.38. The van der Waals surface area contributed by atoms with Gasteiger partial charge in [-0.15, -0.1) is 11.3 Å². The van der Waals surface area contributed by atoms with E-state index in [1.807, 2.05) is 17.5 Å². The number of amidine groups is 1. The lowest BCUT2D eigenvalue weighted by Gasteiger charge is -2.06. The number of aliphatic imine (C=N–C) groups is 1. The van der Waals surface area contributed by atoms with Gasteiger partial charge in [0.1, 0.15) is 0 Å². The Labute approximate surface area is 134 Å². The number of thioether (sulfide) groups is 1. The van der Waals surface area contributed by atoms with E-state index in [2.05, 4.69) is 10.3 Å². The first-order valence-electron chi connectivity index (χ1n) is 6.27. The Morgan fingerprint density at radius 2 is 2.05 bits per heavy atom. The lowest BCUT2D eigenvalue weighted by atomic mass is 10.2. The van der Waals surface area contributed by atoms with Crippen LogP contribution in [0.4, 0.5) is 5.69 Å². The molecule has 1 saturated heterocycles. The van der Waals surface area contributed by atoms with E-state index in [0.29, 0.717) is 10.1 Å². The number of nitrogens with one attached hydrogen (secondary N) is 1. The van der Waals surface area contributed by atoms with Crippen molar-refractivity contribution in [3.8, 4) is 0 Å². The van der Waals surface area contributed by atoms with E-state index in [0.717, 1.165) is 4.88 Å². The summed E-state index contributed by atoms with van der Waals surface area (Å²) in [6.07, 6.45) is 1.78. The van der Waals surface area contributed by atoms with Crippen molar-refractivity contribution in [2.45, 2.75) is 0 Å². The van der Waals surface area contributed by atoms with Crippen LogP contribution in [0.5, 0.6) is 0 Å². The zero-order valence-corrected chi connectivity index (χ0v) is 12.7. The highest BCUT2D eigenvalue weighted by atomic mass is 32.2. The Balaban J connectivity index is 1.89. The molecule has 2 aromatic rings. The van der Waals surface area contributed by atoms with Gasteiger partial charge in [0.05, 0.1) is 16.6 Å². The third-order valence-electron chi connectivity index (χ3n) is 2.81. The quantitative estimate of drug-likeness (QED) is 0.873. The summed E-state index contributed by atoms with van der Waals surface area (Å²) in [7, 11) is 0. The van der Waals surface area contributed by atoms with Gasteiger partial charge in [-0.3, -0.25) is 4.79 Å². The van der Waals surface area contributed by atoms with Crippen LogP contribution in [0, 0.1) is 0 Å². The maximum absolute atomic E-state index is 11.9. The maximum atomic E-state index is 11.9. The summed E-state index contributed by atoms with van der Waals surface area (Å²) in [5, 5.41) is 16.0. The number of hydrogen-bond acceptors (Lipinski definition) is 6. The van der Waals surface area contributed by atoms with Crippen LogP contribution in [0.3, 0.4) is 0 Å². The average molecular weight is 329 g/mol. The second-order valence-corrected chi connectivity index (χ2v) is 6.31. The van der Waals surface area contributed by atoms with E-state index in [4.69, 9.17) is 0 Å². The zero-order valence-electron chi connectivity index (χ0n) is 11.1. The molecule has 3 rings (SSSR count). The molecular formula is C15H9N2O3S2-. The fourth-order valence-electron chi connectivity index (χ4n) is 1.84. The molecule has 22 heavy (non-hydrogen) atoms. The van der Waals surface area contributed by atoms with Gasteiger partial charge in [-0.2, -0.15) is 0 Å². The van der Waals surface area contributed by atoms with Crippen LogP contribution >= 0.6 is 23.1 Å². The van der Waals surface area contributed by atoms with E-state index in [9.17, 15) is 14.7 Å². The first kappa shape index (κ1) is 14.6. The van der Waals surface area contributed by atoms with Crippen molar-refractivity contribution >= 4 is 51.9 Å². The largest absolute Gasteiger partial charge is 0.545 e. The normalized spacial score (nSPS) is 17.9. The van der Waals surface area contributed by atoms with Crippen LogP contribution in [0.15, 0.2) is 51.7 Å². The highest BCUT2D eigenvalue weighted by molar-refractivity contribution is 8.18. The average Bonchev–Trinajstić information content (AvgIpc) is 3.10. The molecule has 0 unspecified atom stereocenters. The molecule has 1 aliphatic rings. The fourth-order valence-corrected chi connectivity index (χ4v) is 3.39. The van der Waals surface area contributed by atoms with E-state index >= 15 is 0 Å². The van der Waals surface area contributed by atoms with Gasteiger partial charge < -0.3 is 15.2 Å². The molecule has 0 saturated carbocycles. The number of rotatable bonds is 3. The van der Waals surface area contributed by atoms with Gasteiger partial charge >= 0.3 is 0 Å². The number of carbonyl (C=O) groups is 2. The number of nitrogens with zero attached hydrogens (tertiary/aromatic N) is 1. The minimum Gasteiger partial charge on any atom is -0.545 e. The van der Waals surface area contributed by atoms with Gasteiger partial charge in [0.15, 0.2) is 5.17 Å². The number of carboxylic acids is 1. The first-order valence-corrected chi connectivity index (χ1v) is 7.96. The molecule has 0 spiro atoms. The molecule has 0 atom stereocenters. The van der Waals surface area contributed by atoms with Gasteiger partial charge in [0.25, 0.3) is 5.91 Å². The molecule has 2 heterocycles. The summed E-state index contributed by atoms with van der Waals surface area (Å²) in [5.41, 5.74) is 0.239. The van der Waals surface area contributed by atoms with Gasteiger partial charge in [-0.1, -0.05) is 24.3 Å². The molecule has 0 bridgehead atoms. The summed E-state index contributed by atoms with van der Waals surface area (Å²) in [6.45, 7) is 0. The minimum absolute atomic E-state index is 0.0134. The zero-order chi connectivity index (χ0) is 15.5. The van der Waals surface area contributed by atoms with Crippen molar-refractivity contribution in [2.75, 3.05) is 0 Å². The van der Waals surface area contributed by atoms with Crippen LogP contribution in [-0.2, 0) is 4.79 Å². The van der Waals surface area contributed by atoms with E-state index in [1.54, 1.807) is 24.3 Å². The van der Waals surface area contributed by atoms with Gasteiger partial charge in [0.2, 0.25) is 0 Å². The number of thiophene rings is 1. The Kier molecular flexibility index (Phi) is 4.08. The van der Waals surface area contributed by atoms with Crippen LogP contribution in [0.2, 0.25) is 0 Å². The highest BCUT2D eigenvalue weighted by Crippen LogP contribution is 2.29. The monoisotopic (exact) mass is 329 g/mol. The SMILES string of the molecule is O=C1NC(=Nc2ccccc2C(=O)[O-])S/C1=C/c1cccs1. The lowest BCUT2D eigenvalue weighted by molar-refractivity contribution is -0.254. The standard InChI is InChI=1S/C15H10N2O3S2/c18-13-12(8-9-4-3-7-21-9)22-15(17-13)16-11-6-2-1-5-10(11)14(19)20/h1-8H,(H,19,20)(H,16,17,18)/p-1/b12-8+. The summed E-state index contributed by atoms with van der Waals surface area (Å²) in [5.74, 6) is -1.55.